The number of hydrogen-bond donors (Lipinski definition) is 2. The standard InChI is InChI=1S/C13H15BrN2O.ClH/c14-9-3-1-2-8(4-9)5-12(17)16-13-10-6-15-7-11(10)13;/h1-4,10-11,13,15H,5-7H2,(H,16,17);1H. The fourth-order valence-corrected chi connectivity index (χ4v) is 3.15. The molecule has 1 aromatic rings. The van der Waals surface area contributed by atoms with Gasteiger partial charge in [-0.2, -0.15) is 0 Å². The van der Waals surface area contributed by atoms with Crippen LogP contribution < -0.4 is 10.6 Å². The predicted octanol–water partition coefficient (Wildman–Crippen LogP) is 1.75. The number of nitrogens with one attached hydrogen (secondary N) is 2. The van der Waals surface area contributed by atoms with E-state index in [-0.39, 0.29) is 18.3 Å². The van der Waals surface area contributed by atoms with E-state index in [4.69, 9.17) is 0 Å². The molecule has 0 bridgehead atoms. The van der Waals surface area contributed by atoms with E-state index in [2.05, 4.69) is 26.6 Å². The Hall–Kier alpha value is -0.580. The van der Waals surface area contributed by atoms with Gasteiger partial charge < -0.3 is 10.6 Å². The summed E-state index contributed by atoms with van der Waals surface area (Å²) in [7, 11) is 0. The fourth-order valence-electron chi connectivity index (χ4n) is 2.70. The average molecular weight is 332 g/mol. The molecule has 0 aromatic heterocycles. The molecule has 2 N–H and O–H groups in total. The first-order chi connectivity index (χ1) is 8.24. The number of carbonyl (C=O) groups is 1. The first-order valence-corrected chi connectivity index (χ1v) is 6.78. The van der Waals surface area contributed by atoms with Crippen LogP contribution in [0.15, 0.2) is 28.7 Å². The van der Waals surface area contributed by atoms with Gasteiger partial charge in [0.2, 0.25) is 5.91 Å². The minimum atomic E-state index is 0. The Morgan fingerprint density at radius 3 is 2.78 bits per heavy atom. The van der Waals surface area contributed by atoms with Crippen molar-refractivity contribution in [1.82, 2.24) is 10.6 Å². The highest BCUT2D eigenvalue weighted by Crippen LogP contribution is 2.41. The highest BCUT2D eigenvalue weighted by Gasteiger charge is 2.53. The molecule has 0 spiro atoms. The van der Waals surface area contributed by atoms with Gasteiger partial charge in [0, 0.05) is 23.6 Å². The Bertz CT molecular complexity index is 444. The van der Waals surface area contributed by atoms with Crippen LogP contribution in [0.5, 0.6) is 0 Å². The third kappa shape index (κ3) is 2.87. The van der Waals surface area contributed by atoms with E-state index in [0.717, 1.165) is 23.1 Å². The molecule has 1 saturated carbocycles. The molecule has 0 radical (unpaired) electrons. The molecule has 1 aliphatic heterocycles. The highest BCUT2D eigenvalue weighted by atomic mass is 79.9. The molecule has 1 saturated heterocycles. The van der Waals surface area contributed by atoms with Gasteiger partial charge >= 0.3 is 0 Å². The van der Waals surface area contributed by atoms with Crippen molar-refractivity contribution < 1.29 is 4.79 Å². The van der Waals surface area contributed by atoms with Gasteiger partial charge in [0.15, 0.2) is 0 Å². The largest absolute Gasteiger partial charge is 0.352 e. The lowest BCUT2D eigenvalue weighted by atomic mass is 10.1. The van der Waals surface area contributed by atoms with E-state index >= 15 is 0 Å². The second-order valence-corrected chi connectivity index (χ2v) is 5.80. The molecular weight excluding hydrogens is 316 g/mol. The van der Waals surface area contributed by atoms with Crippen LogP contribution in [0, 0.1) is 11.8 Å². The number of hydrogen-bond acceptors (Lipinski definition) is 2. The fraction of sp³-hybridized carbons (Fsp3) is 0.462. The zero-order chi connectivity index (χ0) is 11.8. The second kappa shape index (κ2) is 5.59. The van der Waals surface area contributed by atoms with Crippen LogP contribution in [0.25, 0.3) is 0 Å². The van der Waals surface area contributed by atoms with Gasteiger partial charge in [-0.3, -0.25) is 4.79 Å². The normalized spacial score (nSPS) is 28.2. The average Bonchev–Trinajstić information content (AvgIpc) is 2.74. The number of rotatable bonds is 3. The van der Waals surface area contributed by atoms with E-state index in [1.165, 1.54) is 0 Å². The van der Waals surface area contributed by atoms with Gasteiger partial charge in [-0.05, 0) is 29.5 Å². The van der Waals surface area contributed by atoms with Crippen molar-refractivity contribution in [2.45, 2.75) is 12.5 Å². The lowest BCUT2D eigenvalue weighted by Crippen LogP contribution is -2.33. The third-order valence-electron chi connectivity index (χ3n) is 3.67. The Morgan fingerprint density at radius 2 is 2.11 bits per heavy atom. The SMILES string of the molecule is Cl.O=C(Cc1cccc(Br)c1)NC1C2CNCC21. The molecule has 1 amide bonds. The van der Waals surface area contributed by atoms with E-state index in [1.54, 1.807) is 0 Å². The van der Waals surface area contributed by atoms with Crippen molar-refractivity contribution in [3.63, 3.8) is 0 Å². The summed E-state index contributed by atoms with van der Waals surface area (Å²) in [6, 6.07) is 8.34. The third-order valence-corrected chi connectivity index (χ3v) is 4.17. The zero-order valence-corrected chi connectivity index (χ0v) is 12.3. The molecule has 2 aliphatic rings. The maximum Gasteiger partial charge on any atom is 0.224 e. The smallest absolute Gasteiger partial charge is 0.224 e. The number of halogens is 2. The van der Waals surface area contributed by atoms with Crippen molar-refractivity contribution in [2.75, 3.05) is 13.1 Å². The molecular formula is C13H16BrClN2O. The minimum Gasteiger partial charge on any atom is -0.352 e. The second-order valence-electron chi connectivity index (χ2n) is 4.89. The van der Waals surface area contributed by atoms with Gasteiger partial charge in [-0.1, -0.05) is 28.1 Å². The summed E-state index contributed by atoms with van der Waals surface area (Å²) in [4.78, 5) is 11.9. The molecule has 1 aromatic carbocycles. The minimum absolute atomic E-state index is 0. The summed E-state index contributed by atoms with van der Waals surface area (Å²) < 4.78 is 1.02. The van der Waals surface area contributed by atoms with Crippen LogP contribution in [0.3, 0.4) is 0 Å². The molecule has 98 valence electrons. The predicted molar refractivity (Wildman–Crippen MR) is 76.9 cm³/mol. The lowest BCUT2D eigenvalue weighted by molar-refractivity contribution is -0.120. The maximum atomic E-state index is 11.9. The molecule has 1 aliphatic carbocycles. The van der Waals surface area contributed by atoms with Crippen LogP contribution in [0.1, 0.15) is 5.56 Å². The van der Waals surface area contributed by atoms with Crippen molar-refractivity contribution in [2.24, 2.45) is 11.8 Å². The maximum absolute atomic E-state index is 11.9. The molecule has 3 nitrogen and oxygen atoms in total. The molecule has 2 unspecified atom stereocenters. The lowest BCUT2D eigenvalue weighted by Gasteiger charge is -2.07. The van der Waals surface area contributed by atoms with Gasteiger partial charge in [0.05, 0.1) is 6.42 Å². The Balaban J connectivity index is 0.00000120. The van der Waals surface area contributed by atoms with Gasteiger partial charge in [-0.15, -0.1) is 12.4 Å². The number of fused-ring (bicyclic) bond motifs is 1. The summed E-state index contributed by atoms with van der Waals surface area (Å²) in [6.45, 7) is 2.12. The summed E-state index contributed by atoms with van der Waals surface area (Å²) >= 11 is 3.41. The quantitative estimate of drug-likeness (QED) is 0.886. The van der Waals surface area contributed by atoms with E-state index in [1.807, 2.05) is 24.3 Å². The van der Waals surface area contributed by atoms with Crippen molar-refractivity contribution in [3.05, 3.63) is 34.3 Å². The van der Waals surface area contributed by atoms with Crippen LogP contribution in [-0.2, 0) is 11.2 Å². The molecule has 18 heavy (non-hydrogen) atoms. The molecule has 2 fully saturated rings. The summed E-state index contributed by atoms with van der Waals surface area (Å²) in [5, 5.41) is 6.45. The molecule has 1 heterocycles. The number of benzene rings is 1. The Morgan fingerprint density at radius 1 is 1.39 bits per heavy atom. The number of piperidine rings is 1. The van der Waals surface area contributed by atoms with E-state index in [0.29, 0.717) is 24.3 Å². The van der Waals surface area contributed by atoms with Crippen LogP contribution in [0.4, 0.5) is 0 Å². The Kier molecular flexibility index (Phi) is 4.30. The highest BCUT2D eigenvalue weighted by molar-refractivity contribution is 9.10. The van der Waals surface area contributed by atoms with E-state index in [9.17, 15) is 4.79 Å². The first-order valence-electron chi connectivity index (χ1n) is 5.98. The zero-order valence-electron chi connectivity index (χ0n) is 9.86. The first kappa shape index (κ1) is 13.8. The molecule has 3 rings (SSSR count). The summed E-state index contributed by atoms with van der Waals surface area (Å²) in [5.41, 5.74) is 1.06. The summed E-state index contributed by atoms with van der Waals surface area (Å²) in [6.07, 6.45) is 0.475. The monoisotopic (exact) mass is 330 g/mol. The van der Waals surface area contributed by atoms with E-state index < -0.39 is 0 Å². The van der Waals surface area contributed by atoms with Crippen LogP contribution >= 0.6 is 28.3 Å². The summed E-state index contributed by atoms with van der Waals surface area (Å²) in [5.74, 6) is 1.51. The van der Waals surface area contributed by atoms with Crippen molar-refractivity contribution >= 4 is 34.2 Å². The topological polar surface area (TPSA) is 41.1 Å². The molecule has 5 heteroatoms. The van der Waals surface area contributed by atoms with Crippen LogP contribution in [0.2, 0.25) is 0 Å². The Labute approximate surface area is 121 Å². The van der Waals surface area contributed by atoms with Crippen molar-refractivity contribution in [3.8, 4) is 0 Å². The number of carbonyl (C=O) groups excluding carboxylic acids is 1. The molecule has 2 atom stereocenters. The number of amides is 1. The van der Waals surface area contributed by atoms with Gasteiger partial charge in [-0.25, -0.2) is 0 Å². The van der Waals surface area contributed by atoms with Gasteiger partial charge in [0.1, 0.15) is 0 Å². The van der Waals surface area contributed by atoms with Gasteiger partial charge in [0.25, 0.3) is 0 Å². The van der Waals surface area contributed by atoms with Crippen LogP contribution in [-0.4, -0.2) is 25.0 Å². The van der Waals surface area contributed by atoms with Crippen molar-refractivity contribution in [1.29, 1.82) is 0 Å².